The lowest BCUT2D eigenvalue weighted by molar-refractivity contribution is -0.00518. The van der Waals surface area contributed by atoms with Crippen molar-refractivity contribution in [3.8, 4) is 0 Å². The molecule has 1 aromatic carbocycles. The first-order valence-corrected chi connectivity index (χ1v) is 9.37. The molecule has 2 heteroatoms. The molecule has 1 saturated heterocycles. The highest BCUT2D eigenvalue weighted by Gasteiger charge is 2.51. The van der Waals surface area contributed by atoms with Crippen molar-refractivity contribution in [2.45, 2.75) is 43.9 Å². The molecule has 0 amide bonds. The summed E-state index contributed by atoms with van der Waals surface area (Å²) in [5.74, 6) is 3.12. The highest BCUT2D eigenvalue weighted by atomic mass is 15.2. The highest BCUT2D eigenvalue weighted by Crippen LogP contribution is 2.60. The molecule has 4 saturated carbocycles. The second kappa shape index (κ2) is 4.99. The molecule has 0 unspecified atom stereocenters. The van der Waals surface area contributed by atoms with Gasteiger partial charge in [-0.2, -0.15) is 0 Å². The van der Waals surface area contributed by atoms with E-state index < -0.39 is 0 Å². The predicted octanol–water partition coefficient (Wildman–Crippen LogP) is 3.56. The molecule has 4 bridgehead atoms. The second-order valence-electron chi connectivity index (χ2n) is 8.48. The molecular weight excluding hydrogens is 268 g/mol. The summed E-state index contributed by atoms with van der Waals surface area (Å²) in [7, 11) is 0. The Balaban J connectivity index is 1.41. The first-order chi connectivity index (χ1) is 10.8. The second-order valence-corrected chi connectivity index (χ2v) is 8.48. The number of hydrogen-bond donors (Lipinski definition) is 1. The van der Waals surface area contributed by atoms with Gasteiger partial charge < -0.3 is 10.2 Å². The van der Waals surface area contributed by atoms with Crippen LogP contribution < -0.4 is 10.2 Å². The molecule has 0 spiro atoms. The van der Waals surface area contributed by atoms with Gasteiger partial charge in [0.15, 0.2) is 0 Å². The number of nitrogens with zero attached hydrogens (tertiary/aromatic N) is 1. The minimum Gasteiger partial charge on any atom is -0.369 e. The summed E-state index contributed by atoms with van der Waals surface area (Å²) < 4.78 is 0. The van der Waals surface area contributed by atoms with Crippen LogP contribution in [0.4, 0.5) is 5.69 Å². The molecule has 0 atom stereocenters. The molecule has 5 fully saturated rings. The minimum absolute atomic E-state index is 0.552. The molecule has 1 aliphatic heterocycles. The van der Waals surface area contributed by atoms with Crippen LogP contribution in [0.5, 0.6) is 0 Å². The first-order valence-electron chi connectivity index (χ1n) is 9.37. The van der Waals surface area contributed by atoms with Gasteiger partial charge in [-0.05, 0) is 79.4 Å². The predicted molar refractivity (Wildman–Crippen MR) is 91.4 cm³/mol. The van der Waals surface area contributed by atoms with E-state index in [-0.39, 0.29) is 0 Å². The summed E-state index contributed by atoms with van der Waals surface area (Å²) in [6.45, 7) is 4.54. The fourth-order valence-electron chi connectivity index (χ4n) is 6.41. The molecule has 2 nitrogen and oxygen atoms in total. The minimum atomic E-state index is 0.552. The van der Waals surface area contributed by atoms with E-state index in [2.05, 4.69) is 34.5 Å². The summed E-state index contributed by atoms with van der Waals surface area (Å²) >= 11 is 0. The third kappa shape index (κ3) is 2.11. The van der Waals surface area contributed by atoms with E-state index in [1.54, 1.807) is 5.56 Å². The van der Waals surface area contributed by atoms with E-state index in [1.165, 1.54) is 44.2 Å². The van der Waals surface area contributed by atoms with Crippen molar-refractivity contribution < 1.29 is 0 Å². The van der Waals surface area contributed by atoms with E-state index in [9.17, 15) is 0 Å². The maximum absolute atomic E-state index is 3.44. The largest absolute Gasteiger partial charge is 0.369 e. The SMILES string of the molecule is c1cc(C23CC4CC(CC(C4)C2)C3)ccc1N1CCNCC1. The van der Waals surface area contributed by atoms with E-state index in [0.717, 1.165) is 43.9 Å². The van der Waals surface area contributed by atoms with Gasteiger partial charge in [0.1, 0.15) is 0 Å². The van der Waals surface area contributed by atoms with E-state index >= 15 is 0 Å². The van der Waals surface area contributed by atoms with Crippen LogP contribution in [0.2, 0.25) is 0 Å². The zero-order valence-corrected chi connectivity index (χ0v) is 13.6. The van der Waals surface area contributed by atoms with E-state index in [4.69, 9.17) is 0 Å². The van der Waals surface area contributed by atoms with Crippen molar-refractivity contribution in [2.75, 3.05) is 31.1 Å². The van der Waals surface area contributed by atoms with Crippen molar-refractivity contribution in [3.05, 3.63) is 29.8 Å². The van der Waals surface area contributed by atoms with Crippen molar-refractivity contribution in [2.24, 2.45) is 17.8 Å². The summed E-state index contributed by atoms with van der Waals surface area (Å²) in [4.78, 5) is 2.53. The smallest absolute Gasteiger partial charge is 0.0367 e. The topological polar surface area (TPSA) is 15.3 Å². The maximum Gasteiger partial charge on any atom is 0.0367 e. The Morgan fingerprint density at radius 1 is 0.818 bits per heavy atom. The number of nitrogens with one attached hydrogen (secondary N) is 1. The van der Waals surface area contributed by atoms with E-state index in [0.29, 0.717) is 5.41 Å². The standard InChI is InChI=1S/C20H28N2/c1-3-19(22-7-5-21-6-8-22)4-2-18(1)20-12-15-9-16(13-20)11-17(10-15)14-20/h1-4,15-17,21H,5-14H2. The molecule has 1 heterocycles. The van der Waals surface area contributed by atoms with Gasteiger partial charge in [-0.15, -0.1) is 0 Å². The van der Waals surface area contributed by atoms with Gasteiger partial charge in [-0.1, -0.05) is 12.1 Å². The van der Waals surface area contributed by atoms with Crippen LogP contribution in [0.1, 0.15) is 44.1 Å². The quantitative estimate of drug-likeness (QED) is 0.897. The number of hydrogen-bond acceptors (Lipinski definition) is 2. The Kier molecular flexibility index (Phi) is 3.04. The molecule has 6 rings (SSSR count). The molecule has 4 aliphatic carbocycles. The van der Waals surface area contributed by atoms with Crippen molar-refractivity contribution in [1.82, 2.24) is 5.32 Å². The van der Waals surface area contributed by atoms with Gasteiger partial charge in [0.25, 0.3) is 0 Å². The van der Waals surface area contributed by atoms with Gasteiger partial charge in [-0.25, -0.2) is 0 Å². The molecule has 22 heavy (non-hydrogen) atoms. The summed E-state index contributed by atoms with van der Waals surface area (Å²) in [6.07, 6.45) is 9.05. The van der Waals surface area contributed by atoms with Gasteiger partial charge >= 0.3 is 0 Å². The molecule has 118 valence electrons. The number of rotatable bonds is 2. The van der Waals surface area contributed by atoms with Crippen LogP contribution in [-0.4, -0.2) is 26.2 Å². The summed E-state index contributed by atoms with van der Waals surface area (Å²) in [5, 5.41) is 3.44. The van der Waals surface area contributed by atoms with Crippen molar-refractivity contribution >= 4 is 5.69 Å². The average molecular weight is 296 g/mol. The van der Waals surface area contributed by atoms with Gasteiger partial charge in [0, 0.05) is 31.9 Å². The zero-order chi connectivity index (χ0) is 14.6. The Bertz CT molecular complexity index is 506. The van der Waals surface area contributed by atoms with Crippen molar-refractivity contribution in [3.63, 3.8) is 0 Å². The Morgan fingerprint density at radius 3 is 1.91 bits per heavy atom. The average Bonchev–Trinajstić information content (AvgIpc) is 2.55. The zero-order valence-electron chi connectivity index (χ0n) is 13.6. The number of piperazine rings is 1. The maximum atomic E-state index is 3.44. The third-order valence-electron chi connectivity index (χ3n) is 7.00. The van der Waals surface area contributed by atoms with Crippen LogP contribution in [0.3, 0.4) is 0 Å². The molecular formula is C20H28N2. The molecule has 1 N–H and O–H groups in total. The van der Waals surface area contributed by atoms with Crippen LogP contribution in [0, 0.1) is 17.8 Å². The normalized spacial score (nSPS) is 40.2. The lowest BCUT2D eigenvalue weighted by Gasteiger charge is -2.57. The Hall–Kier alpha value is -1.02. The molecule has 5 aliphatic rings. The third-order valence-corrected chi connectivity index (χ3v) is 7.00. The summed E-state index contributed by atoms with van der Waals surface area (Å²) in [5.41, 5.74) is 3.64. The molecule has 0 aromatic heterocycles. The Labute approximate surface area is 134 Å². The van der Waals surface area contributed by atoms with Gasteiger partial charge in [-0.3, -0.25) is 0 Å². The van der Waals surface area contributed by atoms with Gasteiger partial charge in [0.2, 0.25) is 0 Å². The first kappa shape index (κ1) is 13.4. The lowest BCUT2D eigenvalue weighted by atomic mass is 9.48. The van der Waals surface area contributed by atoms with E-state index in [1.807, 2.05) is 0 Å². The van der Waals surface area contributed by atoms with Crippen molar-refractivity contribution in [1.29, 1.82) is 0 Å². The number of benzene rings is 1. The van der Waals surface area contributed by atoms with Crippen LogP contribution >= 0.6 is 0 Å². The Morgan fingerprint density at radius 2 is 1.36 bits per heavy atom. The molecule has 1 aromatic rings. The highest BCUT2D eigenvalue weighted by molar-refractivity contribution is 5.49. The van der Waals surface area contributed by atoms with Crippen LogP contribution in [-0.2, 0) is 5.41 Å². The summed E-state index contributed by atoms with van der Waals surface area (Å²) in [6, 6.07) is 9.76. The molecule has 0 radical (unpaired) electrons. The fourth-order valence-corrected chi connectivity index (χ4v) is 6.41. The number of anilines is 1. The lowest BCUT2D eigenvalue weighted by Crippen LogP contribution is -2.48. The van der Waals surface area contributed by atoms with Gasteiger partial charge in [0.05, 0.1) is 0 Å². The van der Waals surface area contributed by atoms with Crippen LogP contribution in [0.15, 0.2) is 24.3 Å². The monoisotopic (exact) mass is 296 g/mol. The fraction of sp³-hybridized carbons (Fsp3) is 0.700. The van der Waals surface area contributed by atoms with Crippen LogP contribution in [0.25, 0.3) is 0 Å².